The zero-order chi connectivity index (χ0) is 22.3. The average Bonchev–Trinajstić information content (AvgIpc) is 3.27. The van der Waals surface area contributed by atoms with Crippen LogP contribution in [0.3, 0.4) is 0 Å². The van der Waals surface area contributed by atoms with Crippen molar-refractivity contribution in [1.82, 2.24) is 5.32 Å². The summed E-state index contributed by atoms with van der Waals surface area (Å²) in [4.78, 5) is 37.9. The van der Waals surface area contributed by atoms with Gasteiger partial charge in [0.15, 0.2) is 12.4 Å². The third kappa shape index (κ3) is 5.10. The zero-order valence-corrected chi connectivity index (χ0v) is 17.2. The number of carbonyl (C=O) groups excluding carboxylic acids is 3. The van der Waals surface area contributed by atoms with E-state index in [1.807, 2.05) is 48.5 Å². The first kappa shape index (κ1) is 21.1. The molecule has 1 N–H and O–H groups in total. The minimum absolute atomic E-state index is 0.118. The van der Waals surface area contributed by atoms with Gasteiger partial charge in [0.2, 0.25) is 5.78 Å². The van der Waals surface area contributed by atoms with E-state index in [1.54, 1.807) is 42.5 Å². The Morgan fingerprint density at radius 3 is 2.22 bits per heavy atom. The Bertz CT molecular complexity index is 1200. The van der Waals surface area contributed by atoms with E-state index in [4.69, 9.17) is 9.15 Å². The number of furan rings is 1. The molecule has 0 bridgehead atoms. The number of hydrogen-bond donors (Lipinski definition) is 1. The highest BCUT2D eigenvalue weighted by Crippen LogP contribution is 2.19. The number of benzene rings is 3. The molecule has 1 aromatic heterocycles. The molecule has 1 atom stereocenters. The number of fused-ring (bicyclic) bond motifs is 1. The van der Waals surface area contributed by atoms with Gasteiger partial charge in [0, 0.05) is 17.4 Å². The van der Waals surface area contributed by atoms with E-state index < -0.39 is 30.3 Å². The van der Waals surface area contributed by atoms with Crippen LogP contribution in [0.2, 0.25) is 0 Å². The summed E-state index contributed by atoms with van der Waals surface area (Å²) >= 11 is 0. The average molecular weight is 427 g/mol. The van der Waals surface area contributed by atoms with Crippen molar-refractivity contribution in [2.24, 2.45) is 0 Å². The molecule has 160 valence electrons. The van der Waals surface area contributed by atoms with Gasteiger partial charge >= 0.3 is 5.97 Å². The Labute approximate surface area is 184 Å². The number of ketones is 1. The summed E-state index contributed by atoms with van der Waals surface area (Å²) < 4.78 is 10.8. The summed E-state index contributed by atoms with van der Waals surface area (Å²) in [5.41, 5.74) is 1.86. The summed E-state index contributed by atoms with van der Waals surface area (Å²) in [7, 11) is 0. The SMILES string of the molecule is O=C(N[C@@H](Cc1ccccc1)C(=O)OCC(=O)c1cc2ccccc2o1)c1ccccc1. The van der Waals surface area contributed by atoms with Gasteiger partial charge in [-0.1, -0.05) is 66.7 Å². The smallest absolute Gasteiger partial charge is 0.329 e. The molecule has 0 spiro atoms. The van der Waals surface area contributed by atoms with Crippen LogP contribution in [-0.2, 0) is 16.0 Å². The zero-order valence-electron chi connectivity index (χ0n) is 17.2. The van der Waals surface area contributed by atoms with Gasteiger partial charge in [0.1, 0.15) is 11.6 Å². The van der Waals surface area contributed by atoms with E-state index in [2.05, 4.69) is 5.32 Å². The molecule has 3 aromatic carbocycles. The van der Waals surface area contributed by atoms with Crippen molar-refractivity contribution in [3.63, 3.8) is 0 Å². The van der Waals surface area contributed by atoms with Crippen molar-refractivity contribution in [2.75, 3.05) is 6.61 Å². The molecule has 1 heterocycles. The number of esters is 1. The van der Waals surface area contributed by atoms with Gasteiger partial charge in [-0.2, -0.15) is 0 Å². The quantitative estimate of drug-likeness (QED) is 0.336. The molecule has 4 aromatic rings. The van der Waals surface area contributed by atoms with Gasteiger partial charge in [0.25, 0.3) is 5.91 Å². The summed E-state index contributed by atoms with van der Waals surface area (Å²) in [6, 6.07) is 25.8. The van der Waals surface area contributed by atoms with Crippen LogP contribution in [0.4, 0.5) is 0 Å². The van der Waals surface area contributed by atoms with E-state index in [-0.39, 0.29) is 12.2 Å². The first-order chi connectivity index (χ1) is 15.6. The topological polar surface area (TPSA) is 85.6 Å². The highest BCUT2D eigenvalue weighted by molar-refractivity contribution is 6.00. The van der Waals surface area contributed by atoms with Gasteiger partial charge in [-0.25, -0.2) is 4.79 Å². The Hall–Kier alpha value is -4.19. The van der Waals surface area contributed by atoms with Crippen LogP contribution >= 0.6 is 0 Å². The second kappa shape index (κ2) is 9.75. The molecule has 0 aliphatic heterocycles. The molecule has 0 fully saturated rings. The van der Waals surface area contributed by atoms with Crippen LogP contribution in [0.5, 0.6) is 0 Å². The van der Waals surface area contributed by atoms with Crippen molar-refractivity contribution >= 4 is 28.6 Å². The lowest BCUT2D eigenvalue weighted by Gasteiger charge is -2.17. The van der Waals surface area contributed by atoms with E-state index in [0.29, 0.717) is 11.1 Å². The summed E-state index contributed by atoms with van der Waals surface area (Å²) in [6.07, 6.45) is 0.233. The van der Waals surface area contributed by atoms with E-state index in [0.717, 1.165) is 10.9 Å². The first-order valence-electron chi connectivity index (χ1n) is 10.2. The highest BCUT2D eigenvalue weighted by atomic mass is 16.5. The molecule has 0 aliphatic rings. The van der Waals surface area contributed by atoms with Crippen LogP contribution in [0.25, 0.3) is 11.0 Å². The van der Waals surface area contributed by atoms with Crippen LogP contribution < -0.4 is 5.32 Å². The molecule has 0 saturated heterocycles. The Balaban J connectivity index is 1.45. The molecular formula is C26H21NO5. The second-order valence-corrected chi connectivity index (χ2v) is 7.26. The summed E-state index contributed by atoms with van der Waals surface area (Å²) in [5, 5.41) is 3.51. The normalized spacial score (nSPS) is 11.6. The summed E-state index contributed by atoms with van der Waals surface area (Å²) in [5.74, 6) is -1.43. The largest absolute Gasteiger partial charge is 0.456 e. The molecule has 0 aliphatic carbocycles. The van der Waals surface area contributed by atoms with Crippen molar-refractivity contribution < 1.29 is 23.5 Å². The van der Waals surface area contributed by atoms with Gasteiger partial charge in [-0.15, -0.1) is 0 Å². The van der Waals surface area contributed by atoms with Gasteiger partial charge in [-0.3, -0.25) is 9.59 Å². The number of para-hydroxylation sites is 1. The van der Waals surface area contributed by atoms with Crippen molar-refractivity contribution in [2.45, 2.75) is 12.5 Å². The molecule has 0 radical (unpaired) electrons. The Kier molecular flexibility index (Phi) is 6.41. The van der Waals surface area contributed by atoms with Crippen molar-refractivity contribution in [3.8, 4) is 0 Å². The van der Waals surface area contributed by atoms with Crippen LogP contribution in [0.15, 0.2) is 95.4 Å². The number of rotatable bonds is 8. The number of carbonyl (C=O) groups is 3. The molecule has 6 heteroatoms. The Morgan fingerprint density at radius 2 is 1.50 bits per heavy atom. The third-order valence-electron chi connectivity index (χ3n) is 4.95. The van der Waals surface area contributed by atoms with Crippen LogP contribution in [0.1, 0.15) is 26.5 Å². The maximum atomic E-state index is 12.8. The number of nitrogens with one attached hydrogen (secondary N) is 1. The van der Waals surface area contributed by atoms with Crippen molar-refractivity contribution in [1.29, 1.82) is 0 Å². The third-order valence-corrected chi connectivity index (χ3v) is 4.95. The number of amides is 1. The van der Waals surface area contributed by atoms with E-state index >= 15 is 0 Å². The molecule has 32 heavy (non-hydrogen) atoms. The molecular weight excluding hydrogens is 406 g/mol. The van der Waals surface area contributed by atoms with Gasteiger partial charge < -0.3 is 14.5 Å². The minimum atomic E-state index is -0.950. The molecule has 0 saturated carbocycles. The van der Waals surface area contributed by atoms with Gasteiger partial charge in [0.05, 0.1) is 0 Å². The fourth-order valence-electron chi connectivity index (χ4n) is 3.30. The monoisotopic (exact) mass is 427 g/mol. The number of ether oxygens (including phenoxy) is 1. The lowest BCUT2D eigenvalue weighted by atomic mass is 10.1. The van der Waals surface area contributed by atoms with Gasteiger partial charge in [-0.05, 0) is 29.8 Å². The molecule has 6 nitrogen and oxygen atoms in total. The van der Waals surface area contributed by atoms with Crippen molar-refractivity contribution in [3.05, 3.63) is 108 Å². The standard InChI is InChI=1S/C26H21NO5/c28-22(24-16-20-13-7-8-14-23(20)32-24)17-31-26(30)21(15-18-9-3-1-4-10-18)27-25(29)19-11-5-2-6-12-19/h1-14,16,21H,15,17H2,(H,27,29)/t21-/m0/s1. The lowest BCUT2D eigenvalue weighted by molar-refractivity contribution is -0.144. The fourth-order valence-corrected chi connectivity index (χ4v) is 3.30. The van der Waals surface area contributed by atoms with Crippen LogP contribution in [0, 0.1) is 0 Å². The molecule has 4 rings (SSSR count). The maximum absolute atomic E-state index is 12.8. The molecule has 1 amide bonds. The lowest BCUT2D eigenvalue weighted by Crippen LogP contribution is -2.43. The summed E-state index contributed by atoms with van der Waals surface area (Å²) in [6.45, 7) is -0.481. The maximum Gasteiger partial charge on any atom is 0.329 e. The number of Topliss-reactive ketones (excluding diaryl/α,β-unsaturated/α-hetero) is 1. The number of hydrogen-bond acceptors (Lipinski definition) is 5. The van der Waals surface area contributed by atoms with Crippen LogP contribution in [-0.4, -0.2) is 30.3 Å². The second-order valence-electron chi connectivity index (χ2n) is 7.26. The minimum Gasteiger partial charge on any atom is -0.456 e. The van der Waals surface area contributed by atoms with E-state index in [1.165, 1.54) is 0 Å². The van der Waals surface area contributed by atoms with E-state index in [9.17, 15) is 14.4 Å². The predicted octanol–water partition coefficient (Wildman–Crippen LogP) is 4.20. The predicted molar refractivity (Wildman–Crippen MR) is 119 cm³/mol. The molecule has 0 unspecified atom stereocenters. The Morgan fingerprint density at radius 1 is 0.844 bits per heavy atom. The fraction of sp³-hybridized carbons (Fsp3) is 0.115. The first-order valence-corrected chi connectivity index (χ1v) is 10.2. The highest BCUT2D eigenvalue weighted by Gasteiger charge is 2.25.